The molecule has 0 radical (unpaired) electrons. The maximum atomic E-state index is 4.01. The second-order valence-electron chi connectivity index (χ2n) is 1.65. The van der Waals surface area contributed by atoms with E-state index in [1.165, 1.54) is 11.3 Å². The first kappa shape index (κ1) is 5.60. The van der Waals surface area contributed by atoms with E-state index in [0.29, 0.717) is 0 Å². The Labute approximate surface area is 60.5 Å². The Hall–Kier alpha value is -1.17. The van der Waals surface area contributed by atoms with Crippen molar-refractivity contribution >= 4 is 11.3 Å². The second kappa shape index (κ2) is 2.22. The molecule has 1 aliphatic rings. The van der Waals surface area contributed by atoms with Crippen LogP contribution in [0.2, 0.25) is 0 Å². The van der Waals surface area contributed by atoms with Crippen LogP contribution in [0.15, 0.2) is 32.3 Å². The van der Waals surface area contributed by atoms with Gasteiger partial charge in [-0.15, -0.1) is 21.6 Å². The number of nitrogens with zero attached hydrogens (tertiary/aromatic N) is 5. The molecule has 0 fully saturated rings. The summed E-state index contributed by atoms with van der Waals surface area (Å²) in [5.74, 6) is 0. The van der Waals surface area contributed by atoms with Gasteiger partial charge in [0.25, 0.3) is 0 Å². The zero-order chi connectivity index (χ0) is 6.81. The Balaban J connectivity index is 2.29. The van der Waals surface area contributed by atoms with Crippen molar-refractivity contribution in [3.63, 3.8) is 0 Å². The standard InChI is InChI=1S/C4H3N5S/c1-2-10-4(5-1)3-6-8-9-7-3/h1-3H. The van der Waals surface area contributed by atoms with Gasteiger partial charge in [-0.2, -0.15) is 0 Å². The van der Waals surface area contributed by atoms with Crippen molar-refractivity contribution in [3.05, 3.63) is 16.6 Å². The summed E-state index contributed by atoms with van der Waals surface area (Å²) in [5.41, 5.74) is 0. The third-order valence-corrected chi connectivity index (χ3v) is 1.85. The lowest BCUT2D eigenvalue weighted by Gasteiger charge is -1.90. The van der Waals surface area contributed by atoms with E-state index in [1.54, 1.807) is 6.20 Å². The van der Waals surface area contributed by atoms with E-state index < -0.39 is 0 Å². The maximum Gasteiger partial charge on any atom is 0.236 e. The third-order valence-electron chi connectivity index (χ3n) is 1.03. The van der Waals surface area contributed by atoms with E-state index in [-0.39, 0.29) is 6.17 Å². The molecule has 0 spiro atoms. The van der Waals surface area contributed by atoms with Crippen LogP contribution in [0.25, 0.3) is 0 Å². The molecule has 0 saturated heterocycles. The molecule has 6 heteroatoms. The van der Waals surface area contributed by atoms with Crippen molar-refractivity contribution in [2.75, 3.05) is 0 Å². The van der Waals surface area contributed by atoms with Crippen LogP contribution in [0, 0.1) is 0 Å². The Bertz CT molecular complexity index is 251. The largest absolute Gasteiger partial charge is 0.245 e. The van der Waals surface area contributed by atoms with Gasteiger partial charge in [-0.1, -0.05) is 0 Å². The van der Waals surface area contributed by atoms with Crippen molar-refractivity contribution in [2.24, 2.45) is 20.7 Å². The summed E-state index contributed by atoms with van der Waals surface area (Å²) >= 11 is 1.50. The van der Waals surface area contributed by atoms with E-state index in [0.717, 1.165) is 5.01 Å². The molecule has 10 heavy (non-hydrogen) atoms. The van der Waals surface area contributed by atoms with Crippen LogP contribution in [0.1, 0.15) is 11.2 Å². The summed E-state index contributed by atoms with van der Waals surface area (Å²) < 4.78 is 0. The van der Waals surface area contributed by atoms with E-state index in [1.807, 2.05) is 5.38 Å². The minimum absolute atomic E-state index is 0.278. The highest BCUT2D eigenvalue weighted by atomic mass is 32.1. The molecule has 0 aliphatic carbocycles. The molecular weight excluding hydrogens is 150 g/mol. The summed E-state index contributed by atoms with van der Waals surface area (Å²) in [5, 5.41) is 16.9. The quantitative estimate of drug-likeness (QED) is 0.608. The molecule has 0 bridgehead atoms. The van der Waals surface area contributed by atoms with Crippen molar-refractivity contribution in [2.45, 2.75) is 6.17 Å². The minimum Gasteiger partial charge on any atom is -0.245 e. The van der Waals surface area contributed by atoms with Gasteiger partial charge < -0.3 is 0 Å². The summed E-state index contributed by atoms with van der Waals surface area (Å²) in [6.07, 6.45) is 1.43. The van der Waals surface area contributed by atoms with Crippen molar-refractivity contribution in [3.8, 4) is 0 Å². The van der Waals surface area contributed by atoms with E-state index in [9.17, 15) is 0 Å². The van der Waals surface area contributed by atoms with Crippen molar-refractivity contribution in [1.29, 1.82) is 0 Å². The highest BCUT2D eigenvalue weighted by Gasteiger charge is 2.14. The zero-order valence-electron chi connectivity index (χ0n) is 4.88. The summed E-state index contributed by atoms with van der Waals surface area (Å²) in [6, 6.07) is 0. The van der Waals surface area contributed by atoms with Crippen LogP contribution < -0.4 is 0 Å². The number of thiazole rings is 1. The SMILES string of the molecule is c1csc(C2N=NN=N2)n1. The topological polar surface area (TPSA) is 62.3 Å². The molecule has 0 aromatic carbocycles. The molecule has 0 amide bonds. The van der Waals surface area contributed by atoms with E-state index >= 15 is 0 Å². The molecule has 1 aromatic rings. The minimum atomic E-state index is -0.278. The summed E-state index contributed by atoms with van der Waals surface area (Å²) in [6.45, 7) is 0. The van der Waals surface area contributed by atoms with Gasteiger partial charge in [0.15, 0.2) is 0 Å². The van der Waals surface area contributed by atoms with Crippen LogP contribution in [0.4, 0.5) is 0 Å². The van der Waals surface area contributed by atoms with Crippen LogP contribution >= 0.6 is 11.3 Å². The lowest BCUT2D eigenvalue weighted by molar-refractivity contribution is 0.756. The van der Waals surface area contributed by atoms with Gasteiger partial charge in [-0.25, -0.2) is 4.98 Å². The summed E-state index contributed by atoms with van der Waals surface area (Å²) in [4.78, 5) is 4.01. The molecule has 0 N–H and O–H groups in total. The molecule has 1 aliphatic heterocycles. The fraction of sp³-hybridized carbons (Fsp3) is 0.250. The fourth-order valence-corrected chi connectivity index (χ4v) is 1.23. The Morgan fingerprint density at radius 2 is 2.10 bits per heavy atom. The molecule has 0 unspecified atom stereocenters. The average Bonchev–Trinajstić information content (AvgIpc) is 2.59. The van der Waals surface area contributed by atoms with Gasteiger partial charge in [-0.05, 0) is 10.4 Å². The predicted molar refractivity (Wildman–Crippen MR) is 34.6 cm³/mol. The first-order chi connectivity index (χ1) is 4.97. The van der Waals surface area contributed by atoms with E-state index in [2.05, 4.69) is 25.7 Å². The lowest BCUT2D eigenvalue weighted by Crippen LogP contribution is -1.84. The van der Waals surface area contributed by atoms with Gasteiger partial charge >= 0.3 is 0 Å². The number of hydrogen-bond acceptors (Lipinski definition) is 6. The number of rotatable bonds is 1. The number of hydrogen-bond donors (Lipinski definition) is 0. The Morgan fingerprint density at radius 1 is 1.30 bits per heavy atom. The average molecular weight is 153 g/mol. The number of aromatic nitrogens is 1. The third kappa shape index (κ3) is 0.820. The fourth-order valence-electron chi connectivity index (χ4n) is 0.628. The first-order valence-electron chi connectivity index (χ1n) is 2.66. The van der Waals surface area contributed by atoms with Gasteiger partial charge in [-0.3, -0.25) is 0 Å². The molecule has 2 rings (SSSR count). The molecular formula is C4H3N5S. The smallest absolute Gasteiger partial charge is 0.236 e. The Kier molecular flexibility index (Phi) is 1.24. The molecule has 50 valence electrons. The predicted octanol–water partition coefficient (Wildman–Crippen LogP) is 1.97. The van der Waals surface area contributed by atoms with Crippen LogP contribution in [0.5, 0.6) is 0 Å². The van der Waals surface area contributed by atoms with Crippen LogP contribution in [-0.4, -0.2) is 4.98 Å². The molecule has 0 saturated carbocycles. The van der Waals surface area contributed by atoms with Gasteiger partial charge in [0.05, 0.1) is 0 Å². The molecule has 2 heterocycles. The van der Waals surface area contributed by atoms with Crippen LogP contribution in [0.3, 0.4) is 0 Å². The first-order valence-corrected chi connectivity index (χ1v) is 3.54. The van der Waals surface area contributed by atoms with E-state index in [4.69, 9.17) is 0 Å². The van der Waals surface area contributed by atoms with Gasteiger partial charge in [0.1, 0.15) is 5.01 Å². The van der Waals surface area contributed by atoms with Gasteiger partial charge in [0, 0.05) is 11.6 Å². The van der Waals surface area contributed by atoms with Crippen molar-refractivity contribution < 1.29 is 0 Å². The summed E-state index contributed by atoms with van der Waals surface area (Å²) in [7, 11) is 0. The normalized spacial score (nSPS) is 16.8. The monoisotopic (exact) mass is 153 g/mol. The second-order valence-corrected chi connectivity index (χ2v) is 2.58. The molecule has 5 nitrogen and oxygen atoms in total. The molecule has 1 aromatic heterocycles. The lowest BCUT2D eigenvalue weighted by atomic mass is 10.6. The van der Waals surface area contributed by atoms with Crippen LogP contribution in [-0.2, 0) is 0 Å². The van der Waals surface area contributed by atoms with Crippen molar-refractivity contribution in [1.82, 2.24) is 4.98 Å². The Morgan fingerprint density at radius 3 is 2.70 bits per heavy atom. The van der Waals surface area contributed by atoms with Gasteiger partial charge in [0.2, 0.25) is 6.17 Å². The zero-order valence-corrected chi connectivity index (χ0v) is 5.69. The maximum absolute atomic E-state index is 4.01. The highest BCUT2D eigenvalue weighted by Crippen LogP contribution is 2.24. The highest BCUT2D eigenvalue weighted by molar-refractivity contribution is 7.09. The molecule has 0 atom stereocenters.